The van der Waals surface area contributed by atoms with Gasteiger partial charge in [0, 0.05) is 22.8 Å². The SMILES string of the molecule is CC1(C)CC(NC(=O)c2[nH]cnc2C(=O)Nc2ccccc2)CC(C)(C)N1. The molecule has 0 spiro atoms. The Morgan fingerprint density at radius 3 is 2.30 bits per heavy atom. The molecule has 3 rings (SSSR count). The van der Waals surface area contributed by atoms with Gasteiger partial charge in [-0.1, -0.05) is 18.2 Å². The third-order valence-electron chi connectivity index (χ3n) is 4.64. The second-order valence-corrected chi connectivity index (χ2v) is 8.42. The molecule has 7 heteroatoms. The third kappa shape index (κ3) is 4.74. The van der Waals surface area contributed by atoms with Crippen molar-refractivity contribution < 1.29 is 9.59 Å². The van der Waals surface area contributed by atoms with Crippen LogP contribution >= 0.6 is 0 Å². The highest BCUT2D eigenvalue weighted by molar-refractivity contribution is 6.10. The van der Waals surface area contributed by atoms with E-state index in [-0.39, 0.29) is 34.4 Å². The molecule has 2 heterocycles. The number of nitrogens with one attached hydrogen (secondary N) is 4. The van der Waals surface area contributed by atoms with Gasteiger partial charge in [0.2, 0.25) is 0 Å². The van der Waals surface area contributed by atoms with Gasteiger partial charge in [-0.2, -0.15) is 0 Å². The molecule has 0 saturated carbocycles. The number of carbonyl (C=O) groups is 2. The molecule has 144 valence electrons. The van der Waals surface area contributed by atoms with Crippen LogP contribution in [0, 0.1) is 0 Å². The van der Waals surface area contributed by atoms with Crippen molar-refractivity contribution in [2.75, 3.05) is 5.32 Å². The van der Waals surface area contributed by atoms with E-state index in [9.17, 15) is 9.59 Å². The topological polar surface area (TPSA) is 98.9 Å². The number of aromatic amines is 1. The Labute approximate surface area is 159 Å². The Bertz CT molecular complexity index is 810. The summed E-state index contributed by atoms with van der Waals surface area (Å²) in [6.45, 7) is 8.51. The summed E-state index contributed by atoms with van der Waals surface area (Å²) < 4.78 is 0. The van der Waals surface area contributed by atoms with E-state index in [1.165, 1.54) is 6.33 Å². The molecule has 0 bridgehead atoms. The van der Waals surface area contributed by atoms with Crippen molar-refractivity contribution in [2.24, 2.45) is 0 Å². The number of benzene rings is 1. The van der Waals surface area contributed by atoms with Crippen molar-refractivity contribution in [3.05, 3.63) is 48.0 Å². The normalized spacial score (nSPS) is 18.7. The van der Waals surface area contributed by atoms with E-state index >= 15 is 0 Å². The Hall–Kier alpha value is -2.67. The first kappa shape index (κ1) is 19.1. The average Bonchev–Trinajstić information content (AvgIpc) is 3.02. The maximum atomic E-state index is 12.8. The number of anilines is 1. The fourth-order valence-corrected chi connectivity index (χ4v) is 4.03. The van der Waals surface area contributed by atoms with Crippen LogP contribution in [0.15, 0.2) is 36.7 Å². The number of nitrogens with zero attached hydrogens (tertiary/aromatic N) is 1. The number of hydrogen-bond donors (Lipinski definition) is 4. The molecule has 0 radical (unpaired) electrons. The van der Waals surface area contributed by atoms with Crippen molar-refractivity contribution in [1.82, 2.24) is 20.6 Å². The predicted molar refractivity (Wildman–Crippen MR) is 105 cm³/mol. The predicted octanol–water partition coefficient (Wildman–Crippen LogP) is 2.70. The standard InChI is InChI=1S/C20H27N5O2/c1-19(2)10-14(11-20(3,4)25-19)24-18(27)16-15(21-12-22-16)17(26)23-13-8-6-5-7-9-13/h5-9,12,14,25H,10-11H2,1-4H3,(H,21,22)(H,23,26)(H,24,27). The molecule has 1 aliphatic rings. The van der Waals surface area contributed by atoms with Crippen LogP contribution in [0.5, 0.6) is 0 Å². The monoisotopic (exact) mass is 369 g/mol. The van der Waals surface area contributed by atoms with Gasteiger partial charge in [-0.3, -0.25) is 9.59 Å². The van der Waals surface area contributed by atoms with E-state index < -0.39 is 5.91 Å². The number of imidazole rings is 1. The van der Waals surface area contributed by atoms with E-state index in [0.29, 0.717) is 5.69 Å². The zero-order valence-corrected chi connectivity index (χ0v) is 16.2. The molecule has 27 heavy (non-hydrogen) atoms. The van der Waals surface area contributed by atoms with E-state index in [4.69, 9.17) is 0 Å². The van der Waals surface area contributed by atoms with Gasteiger partial charge in [0.1, 0.15) is 5.69 Å². The summed E-state index contributed by atoms with van der Waals surface area (Å²) in [5.74, 6) is -0.734. The van der Waals surface area contributed by atoms with Gasteiger partial charge < -0.3 is 20.9 Å². The van der Waals surface area contributed by atoms with E-state index in [2.05, 4.69) is 53.6 Å². The number of piperidine rings is 1. The van der Waals surface area contributed by atoms with Gasteiger partial charge in [0.05, 0.1) is 6.33 Å². The minimum absolute atomic E-state index is 0.0112. The summed E-state index contributed by atoms with van der Waals surface area (Å²) in [6, 6.07) is 9.10. The van der Waals surface area contributed by atoms with Gasteiger partial charge in [0.25, 0.3) is 11.8 Å². The third-order valence-corrected chi connectivity index (χ3v) is 4.64. The summed E-state index contributed by atoms with van der Waals surface area (Å²) in [7, 11) is 0. The van der Waals surface area contributed by atoms with Crippen LogP contribution in [0.2, 0.25) is 0 Å². The minimum Gasteiger partial charge on any atom is -0.348 e. The Kier molecular flexibility index (Phi) is 5.06. The number of para-hydroxylation sites is 1. The van der Waals surface area contributed by atoms with Gasteiger partial charge in [-0.15, -0.1) is 0 Å². The van der Waals surface area contributed by atoms with E-state index in [1.807, 2.05) is 18.2 Å². The Morgan fingerprint density at radius 2 is 1.67 bits per heavy atom. The number of amides is 2. The Balaban J connectivity index is 1.71. The molecule has 4 N–H and O–H groups in total. The van der Waals surface area contributed by atoms with Crippen molar-refractivity contribution in [2.45, 2.75) is 57.7 Å². The van der Waals surface area contributed by atoms with Crippen LogP contribution in [-0.4, -0.2) is 38.9 Å². The van der Waals surface area contributed by atoms with Crippen LogP contribution in [0.4, 0.5) is 5.69 Å². The molecule has 0 atom stereocenters. The molecule has 0 unspecified atom stereocenters. The average molecular weight is 369 g/mol. The smallest absolute Gasteiger partial charge is 0.276 e. The molecule has 1 aromatic carbocycles. The van der Waals surface area contributed by atoms with Crippen molar-refractivity contribution in [3.63, 3.8) is 0 Å². The summed E-state index contributed by atoms with van der Waals surface area (Å²) in [5, 5.41) is 9.41. The second kappa shape index (κ2) is 7.15. The lowest BCUT2D eigenvalue weighted by Gasteiger charge is -2.46. The fraction of sp³-hybridized carbons (Fsp3) is 0.450. The summed E-state index contributed by atoms with van der Waals surface area (Å²) in [6.07, 6.45) is 2.98. The van der Waals surface area contributed by atoms with Crippen molar-refractivity contribution in [3.8, 4) is 0 Å². The molecule has 1 saturated heterocycles. The summed E-state index contributed by atoms with van der Waals surface area (Å²) in [4.78, 5) is 32.2. The fourth-order valence-electron chi connectivity index (χ4n) is 4.03. The quantitative estimate of drug-likeness (QED) is 0.666. The van der Waals surface area contributed by atoms with Gasteiger partial charge in [-0.25, -0.2) is 4.98 Å². The molecule has 2 amide bonds. The lowest BCUT2D eigenvalue weighted by atomic mass is 9.79. The molecular formula is C20H27N5O2. The molecule has 1 fully saturated rings. The summed E-state index contributed by atoms with van der Waals surface area (Å²) >= 11 is 0. The van der Waals surface area contributed by atoms with Crippen LogP contribution in [-0.2, 0) is 0 Å². The van der Waals surface area contributed by atoms with Crippen LogP contribution in [0.25, 0.3) is 0 Å². The maximum absolute atomic E-state index is 12.8. The van der Waals surface area contributed by atoms with Crippen LogP contribution < -0.4 is 16.0 Å². The lowest BCUT2D eigenvalue weighted by molar-refractivity contribution is 0.0861. The highest BCUT2D eigenvalue weighted by atomic mass is 16.2. The highest BCUT2D eigenvalue weighted by Gasteiger charge is 2.38. The first-order valence-electron chi connectivity index (χ1n) is 9.15. The van der Waals surface area contributed by atoms with Gasteiger partial charge in [0.15, 0.2) is 5.69 Å². The molecular weight excluding hydrogens is 342 g/mol. The molecule has 2 aromatic rings. The zero-order chi connectivity index (χ0) is 19.7. The van der Waals surface area contributed by atoms with Crippen LogP contribution in [0.1, 0.15) is 61.5 Å². The largest absolute Gasteiger partial charge is 0.348 e. The first-order chi connectivity index (χ1) is 12.7. The number of rotatable bonds is 4. The van der Waals surface area contributed by atoms with E-state index in [0.717, 1.165) is 12.8 Å². The number of aromatic nitrogens is 2. The second-order valence-electron chi connectivity index (χ2n) is 8.42. The number of carbonyl (C=O) groups excluding carboxylic acids is 2. The summed E-state index contributed by atoms with van der Waals surface area (Å²) in [5.41, 5.74) is 0.752. The maximum Gasteiger partial charge on any atom is 0.276 e. The molecule has 1 aliphatic heterocycles. The number of H-pyrrole nitrogens is 1. The van der Waals surface area contributed by atoms with Crippen LogP contribution in [0.3, 0.4) is 0 Å². The zero-order valence-electron chi connectivity index (χ0n) is 16.2. The lowest BCUT2D eigenvalue weighted by Crippen LogP contribution is -2.62. The number of hydrogen-bond acceptors (Lipinski definition) is 4. The molecule has 0 aliphatic carbocycles. The van der Waals surface area contributed by atoms with Crippen molar-refractivity contribution in [1.29, 1.82) is 0 Å². The molecule has 1 aromatic heterocycles. The van der Waals surface area contributed by atoms with E-state index in [1.54, 1.807) is 12.1 Å². The van der Waals surface area contributed by atoms with Gasteiger partial charge in [-0.05, 0) is 52.7 Å². The van der Waals surface area contributed by atoms with Crippen molar-refractivity contribution >= 4 is 17.5 Å². The van der Waals surface area contributed by atoms with Gasteiger partial charge >= 0.3 is 0 Å². The Morgan fingerprint density at radius 1 is 1.04 bits per heavy atom. The first-order valence-corrected chi connectivity index (χ1v) is 9.15. The highest BCUT2D eigenvalue weighted by Crippen LogP contribution is 2.28. The minimum atomic E-state index is -0.418. The molecule has 7 nitrogen and oxygen atoms in total.